The van der Waals surface area contributed by atoms with E-state index in [2.05, 4.69) is 5.32 Å². The number of rotatable bonds is 7. The number of amides is 1. The number of halogens is 2. The van der Waals surface area contributed by atoms with Gasteiger partial charge in [-0.3, -0.25) is 9.59 Å². The van der Waals surface area contributed by atoms with E-state index in [1.165, 1.54) is 18.6 Å². The van der Waals surface area contributed by atoms with Crippen LogP contribution < -0.4 is 10.1 Å². The number of benzene rings is 1. The Morgan fingerprint density at radius 3 is 2.54 bits per heavy atom. The highest BCUT2D eigenvalue weighted by Crippen LogP contribution is 2.63. The highest BCUT2D eigenvalue weighted by atomic mass is 35.5. The van der Waals surface area contributed by atoms with Crippen LogP contribution in [0.25, 0.3) is 0 Å². The molecule has 7 heteroatoms. The first-order valence-electron chi connectivity index (χ1n) is 9.88. The number of carbonyl (C=O) groups excluding carboxylic acids is 2. The third kappa shape index (κ3) is 3.97. The van der Waals surface area contributed by atoms with Crippen molar-refractivity contribution in [2.75, 3.05) is 19.8 Å². The molecule has 0 heterocycles. The van der Waals surface area contributed by atoms with Crippen LogP contribution in [0, 0.1) is 23.1 Å². The van der Waals surface area contributed by atoms with Crippen molar-refractivity contribution in [3.05, 3.63) is 30.1 Å². The largest absolute Gasteiger partial charge is 0.487 e. The van der Waals surface area contributed by atoms with Gasteiger partial charge in [0.05, 0.1) is 5.41 Å². The number of hydrogen-bond acceptors (Lipinski definition) is 4. The number of hydrogen-bond donors (Lipinski definition) is 1. The zero-order valence-electron chi connectivity index (χ0n) is 15.7. The molecule has 0 unspecified atom stereocenters. The molecule has 2 atom stereocenters. The van der Waals surface area contributed by atoms with Crippen LogP contribution in [-0.2, 0) is 14.3 Å². The Bertz CT molecular complexity index is 757. The Labute approximate surface area is 168 Å². The van der Waals surface area contributed by atoms with E-state index in [0.717, 1.165) is 25.7 Å². The van der Waals surface area contributed by atoms with Crippen molar-refractivity contribution in [3.63, 3.8) is 0 Å². The summed E-state index contributed by atoms with van der Waals surface area (Å²) in [5, 5.41) is 2.75. The van der Waals surface area contributed by atoms with E-state index in [1.807, 2.05) is 0 Å². The highest BCUT2D eigenvalue weighted by molar-refractivity contribution is 6.24. The van der Waals surface area contributed by atoms with Gasteiger partial charge in [-0.25, -0.2) is 4.39 Å². The standard InChI is InChI=1S/C21H25ClFNO4/c22-21-10-14-7-15(11-21)9-20(8-14,13-21)19(26)24-12-18(25)28-6-5-27-17-4-2-1-3-16(17)23/h1-4,14-15H,5-13H2,(H,24,26)/t14-,15-,20?,21?/m1/s1. The van der Waals surface area contributed by atoms with Gasteiger partial charge in [0.2, 0.25) is 5.91 Å². The topological polar surface area (TPSA) is 64.6 Å². The van der Waals surface area contributed by atoms with Crippen LogP contribution in [0.1, 0.15) is 38.5 Å². The summed E-state index contributed by atoms with van der Waals surface area (Å²) in [6, 6.07) is 6.04. The van der Waals surface area contributed by atoms with Crippen LogP contribution in [0.5, 0.6) is 5.75 Å². The quantitative estimate of drug-likeness (QED) is 0.425. The molecule has 0 aliphatic heterocycles. The van der Waals surface area contributed by atoms with Gasteiger partial charge in [0.25, 0.3) is 0 Å². The van der Waals surface area contributed by atoms with Crippen LogP contribution in [0.15, 0.2) is 24.3 Å². The van der Waals surface area contributed by atoms with E-state index in [9.17, 15) is 14.0 Å². The molecule has 4 aliphatic rings. The Kier molecular flexibility index (Phi) is 5.25. The van der Waals surface area contributed by atoms with Gasteiger partial charge in [-0.2, -0.15) is 0 Å². The second-order valence-corrected chi connectivity index (χ2v) is 9.38. The van der Waals surface area contributed by atoms with Crippen molar-refractivity contribution in [2.24, 2.45) is 17.3 Å². The summed E-state index contributed by atoms with van der Waals surface area (Å²) in [5.74, 6) is 0.0818. The molecule has 1 amide bonds. The van der Waals surface area contributed by atoms with Gasteiger partial charge in [0, 0.05) is 4.87 Å². The maximum atomic E-state index is 13.4. The van der Waals surface area contributed by atoms with Crippen molar-refractivity contribution >= 4 is 23.5 Å². The maximum Gasteiger partial charge on any atom is 0.325 e. The minimum Gasteiger partial charge on any atom is -0.487 e. The maximum absolute atomic E-state index is 13.4. The first-order valence-corrected chi connectivity index (χ1v) is 10.3. The van der Waals surface area contributed by atoms with E-state index >= 15 is 0 Å². The predicted molar refractivity (Wildman–Crippen MR) is 102 cm³/mol. The number of carbonyl (C=O) groups is 2. The lowest BCUT2D eigenvalue weighted by molar-refractivity contribution is -0.150. The summed E-state index contributed by atoms with van der Waals surface area (Å²) >= 11 is 6.76. The average Bonchev–Trinajstić information content (AvgIpc) is 2.62. The van der Waals surface area contributed by atoms with Gasteiger partial charge >= 0.3 is 5.97 Å². The van der Waals surface area contributed by atoms with Gasteiger partial charge < -0.3 is 14.8 Å². The minimum absolute atomic E-state index is 0.0108. The molecule has 4 bridgehead atoms. The van der Waals surface area contributed by atoms with E-state index in [0.29, 0.717) is 18.3 Å². The third-order valence-electron chi connectivity index (χ3n) is 6.31. The first kappa shape index (κ1) is 19.5. The van der Waals surface area contributed by atoms with Crippen LogP contribution >= 0.6 is 11.6 Å². The molecule has 5 nitrogen and oxygen atoms in total. The van der Waals surface area contributed by atoms with Gasteiger partial charge in [0.1, 0.15) is 19.8 Å². The average molecular weight is 410 g/mol. The first-order chi connectivity index (χ1) is 13.4. The second kappa shape index (κ2) is 7.54. The molecule has 4 fully saturated rings. The number of para-hydroxylation sites is 1. The van der Waals surface area contributed by atoms with Crippen molar-refractivity contribution in [2.45, 2.75) is 43.4 Å². The van der Waals surface area contributed by atoms with E-state index < -0.39 is 17.2 Å². The Balaban J connectivity index is 1.21. The molecule has 5 rings (SSSR count). The Morgan fingerprint density at radius 2 is 1.86 bits per heavy atom. The number of alkyl halides is 1. The van der Waals surface area contributed by atoms with Gasteiger partial charge in [0.15, 0.2) is 11.6 Å². The molecular weight excluding hydrogens is 385 g/mol. The zero-order valence-corrected chi connectivity index (χ0v) is 16.5. The highest BCUT2D eigenvalue weighted by Gasteiger charge is 2.60. The molecule has 1 N–H and O–H groups in total. The predicted octanol–water partition coefficient (Wildman–Crippen LogP) is 3.44. The fraction of sp³-hybridized carbons (Fsp3) is 0.619. The molecule has 0 aromatic heterocycles. The molecule has 152 valence electrons. The zero-order chi connectivity index (χ0) is 19.8. The van der Waals surface area contributed by atoms with Crippen LogP contribution in [-0.4, -0.2) is 36.5 Å². The number of esters is 1. The third-order valence-corrected chi connectivity index (χ3v) is 6.75. The molecule has 28 heavy (non-hydrogen) atoms. The summed E-state index contributed by atoms with van der Waals surface area (Å²) in [4.78, 5) is 24.5. The molecule has 0 saturated heterocycles. The van der Waals surface area contributed by atoms with Gasteiger partial charge in [-0.05, 0) is 62.5 Å². The fourth-order valence-corrected chi connectivity index (χ4v) is 6.37. The molecule has 0 spiro atoms. The minimum atomic E-state index is -0.532. The van der Waals surface area contributed by atoms with Gasteiger partial charge in [-0.1, -0.05) is 12.1 Å². The molecule has 1 aromatic carbocycles. The second-order valence-electron chi connectivity index (χ2n) is 8.57. The summed E-state index contributed by atoms with van der Waals surface area (Å²) in [6.07, 6.45) is 5.62. The fourth-order valence-electron chi connectivity index (χ4n) is 5.68. The molecule has 1 aromatic rings. The lowest BCUT2D eigenvalue weighted by Gasteiger charge is -2.59. The van der Waals surface area contributed by atoms with E-state index in [4.69, 9.17) is 21.1 Å². The summed E-state index contributed by atoms with van der Waals surface area (Å²) in [6.45, 7) is -0.142. The van der Waals surface area contributed by atoms with Gasteiger partial charge in [-0.15, -0.1) is 11.6 Å². The molecule has 0 radical (unpaired) electrons. The van der Waals surface area contributed by atoms with Crippen molar-refractivity contribution in [3.8, 4) is 5.75 Å². The summed E-state index contributed by atoms with van der Waals surface area (Å²) < 4.78 is 23.7. The monoisotopic (exact) mass is 409 g/mol. The summed E-state index contributed by atoms with van der Waals surface area (Å²) in [5.41, 5.74) is -0.430. The van der Waals surface area contributed by atoms with Crippen LogP contribution in [0.3, 0.4) is 0 Å². The smallest absolute Gasteiger partial charge is 0.325 e. The van der Waals surface area contributed by atoms with Crippen LogP contribution in [0.2, 0.25) is 0 Å². The molecule has 4 aliphatic carbocycles. The Morgan fingerprint density at radius 1 is 1.14 bits per heavy atom. The van der Waals surface area contributed by atoms with Crippen molar-refractivity contribution in [1.29, 1.82) is 0 Å². The van der Waals surface area contributed by atoms with E-state index in [1.54, 1.807) is 12.1 Å². The normalized spacial score (nSPS) is 32.8. The van der Waals surface area contributed by atoms with Crippen LogP contribution in [0.4, 0.5) is 4.39 Å². The lowest BCUT2D eigenvalue weighted by atomic mass is 9.49. The van der Waals surface area contributed by atoms with Crippen molar-refractivity contribution in [1.82, 2.24) is 5.32 Å². The molecular formula is C21H25ClFNO4. The van der Waals surface area contributed by atoms with Crippen molar-refractivity contribution < 1.29 is 23.5 Å². The lowest BCUT2D eigenvalue weighted by Crippen LogP contribution is -2.58. The van der Waals surface area contributed by atoms with E-state index in [-0.39, 0.29) is 36.3 Å². The Hall–Kier alpha value is -1.82. The SMILES string of the molecule is O=C(CNC(=O)C12C[C@H]3C[C@@H](CC(Cl)(C3)C1)C2)OCCOc1ccccc1F. The summed E-state index contributed by atoms with van der Waals surface area (Å²) in [7, 11) is 0. The number of ether oxygens (including phenoxy) is 2. The molecule has 4 saturated carbocycles. The number of nitrogens with one attached hydrogen (secondary N) is 1.